The van der Waals surface area contributed by atoms with Gasteiger partial charge in [-0.1, -0.05) is 12.1 Å². The molecule has 2 N–H and O–H groups in total. The van der Waals surface area contributed by atoms with Crippen LogP contribution in [0.5, 0.6) is 0 Å². The van der Waals surface area contributed by atoms with Crippen LogP contribution in [0, 0.1) is 11.3 Å². The highest BCUT2D eigenvalue weighted by molar-refractivity contribution is 5.74. The second-order valence-electron chi connectivity index (χ2n) is 5.70. The number of rotatable bonds is 3. The molecule has 1 aromatic carbocycles. The van der Waals surface area contributed by atoms with Gasteiger partial charge in [0.25, 0.3) is 0 Å². The van der Waals surface area contributed by atoms with Crippen molar-refractivity contribution in [2.75, 3.05) is 31.1 Å². The Hall–Kier alpha value is -3.01. The van der Waals surface area contributed by atoms with Crippen molar-refractivity contribution in [1.82, 2.24) is 20.4 Å². The zero-order valence-corrected chi connectivity index (χ0v) is 13.4. The van der Waals surface area contributed by atoms with Gasteiger partial charge in [-0.25, -0.2) is 4.79 Å². The fraction of sp³-hybridized carbons (Fsp3) is 0.353. The highest BCUT2D eigenvalue weighted by Crippen LogP contribution is 2.21. The van der Waals surface area contributed by atoms with Gasteiger partial charge < -0.3 is 15.1 Å². The molecule has 124 valence electrons. The Kier molecular flexibility index (Phi) is 4.96. The van der Waals surface area contributed by atoms with E-state index in [1.807, 2.05) is 35.2 Å². The number of benzene rings is 1. The van der Waals surface area contributed by atoms with Gasteiger partial charge in [0.2, 0.25) is 0 Å². The third-order valence-electron chi connectivity index (χ3n) is 4.14. The van der Waals surface area contributed by atoms with Crippen LogP contribution in [0.15, 0.2) is 36.5 Å². The van der Waals surface area contributed by atoms with Crippen LogP contribution in [0.3, 0.4) is 0 Å². The SMILES string of the molecule is N#Cc1ccccc1N1CCCN(C(=O)NCc2ccn[nH]2)CC1. The Morgan fingerprint density at radius 3 is 2.92 bits per heavy atom. The molecule has 0 spiro atoms. The predicted octanol–water partition coefficient (Wildman–Crippen LogP) is 1.70. The number of urea groups is 1. The maximum absolute atomic E-state index is 12.3. The minimum Gasteiger partial charge on any atom is -0.369 e. The fourth-order valence-electron chi connectivity index (χ4n) is 2.87. The maximum atomic E-state index is 12.3. The lowest BCUT2D eigenvalue weighted by Crippen LogP contribution is -2.41. The zero-order chi connectivity index (χ0) is 16.8. The van der Waals surface area contributed by atoms with E-state index in [-0.39, 0.29) is 6.03 Å². The Morgan fingerprint density at radius 2 is 2.12 bits per heavy atom. The largest absolute Gasteiger partial charge is 0.369 e. The number of aromatic nitrogens is 2. The summed E-state index contributed by atoms with van der Waals surface area (Å²) in [6.07, 6.45) is 2.54. The Bertz CT molecular complexity index is 721. The van der Waals surface area contributed by atoms with E-state index in [2.05, 4.69) is 26.5 Å². The molecule has 0 saturated carbocycles. The van der Waals surface area contributed by atoms with E-state index in [1.54, 1.807) is 6.20 Å². The van der Waals surface area contributed by atoms with Gasteiger partial charge in [0.15, 0.2) is 0 Å². The highest BCUT2D eigenvalue weighted by Gasteiger charge is 2.20. The van der Waals surface area contributed by atoms with Crippen molar-refractivity contribution in [1.29, 1.82) is 5.26 Å². The summed E-state index contributed by atoms with van der Waals surface area (Å²) in [5.41, 5.74) is 2.50. The summed E-state index contributed by atoms with van der Waals surface area (Å²) in [6, 6.07) is 11.6. The van der Waals surface area contributed by atoms with Crippen LogP contribution in [-0.2, 0) is 6.54 Å². The van der Waals surface area contributed by atoms with Gasteiger partial charge in [0, 0.05) is 32.4 Å². The first-order valence-corrected chi connectivity index (χ1v) is 8.03. The number of para-hydroxylation sites is 1. The maximum Gasteiger partial charge on any atom is 0.317 e. The van der Waals surface area contributed by atoms with E-state index >= 15 is 0 Å². The molecule has 7 nitrogen and oxygen atoms in total. The number of amides is 2. The summed E-state index contributed by atoms with van der Waals surface area (Å²) < 4.78 is 0. The lowest BCUT2D eigenvalue weighted by Gasteiger charge is -2.24. The molecule has 1 saturated heterocycles. The van der Waals surface area contributed by atoms with Crippen molar-refractivity contribution in [3.8, 4) is 6.07 Å². The van der Waals surface area contributed by atoms with Crippen LogP contribution in [0.25, 0.3) is 0 Å². The Balaban J connectivity index is 1.58. The van der Waals surface area contributed by atoms with E-state index in [1.165, 1.54) is 0 Å². The molecule has 1 aliphatic heterocycles. The molecule has 0 atom stereocenters. The molecule has 1 aliphatic rings. The number of nitriles is 1. The zero-order valence-electron chi connectivity index (χ0n) is 13.4. The second kappa shape index (κ2) is 7.51. The van der Waals surface area contributed by atoms with Gasteiger partial charge in [-0.2, -0.15) is 10.4 Å². The molecule has 1 fully saturated rings. The summed E-state index contributed by atoms with van der Waals surface area (Å²) in [5, 5.41) is 18.9. The van der Waals surface area contributed by atoms with Gasteiger partial charge in [-0.05, 0) is 24.6 Å². The van der Waals surface area contributed by atoms with E-state index in [9.17, 15) is 10.1 Å². The number of nitrogens with zero attached hydrogens (tertiary/aromatic N) is 4. The summed E-state index contributed by atoms with van der Waals surface area (Å²) in [7, 11) is 0. The molecule has 0 aliphatic carbocycles. The van der Waals surface area contributed by atoms with Crippen molar-refractivity contribution in [2.45, 2.75) is 13.0 Å². The summed E-state index contributed by atoms with van der Waals surface area (Å²) in [6.45, 7) is 3.34. The smallest absolute Gasteiger partial charge is 0.317 e. The normalized spacial score (nSPS) is 14.8. The van der Waals surface area contributed by atoms with Gasteiger partial charge in [0.1, 0.15) is 6.07 Å². The number of nitrogens with one attached hydrogen (secondary N) is 2. The predicted molar refractivity (Wildman–Crippen MR) is 90.4 cm³/mol. The van der Waals surface area contributed by atoms with Crippen molar-refractivity contribution in [2.24, 2.45) is 0 Å². The minimum absolute atomic E-state index is 0.0694. The molecular weight excluding hydrogens is 304 g/mol. The van der Waals surface area contributed by atoms with Gasteiger partial charge in [-0.15, -0.1) is 0 Å². The fourth-order valence-corrected chi connectivity index (χ4v) is 2.87. The number of H-pyrrole nitrogens is 1. The number of carbonyl (C=O) groups excluding carboxylic acids is 1. The minimum atomic E-state index is -0.0694. The number of aromatic amines is 1. The van der Waals surface area contributed by atoms with Crippen LogP contribution in [0.1, 0.15) is 17.7 Å². The lowest BCUT2D eigenvalue weighted by molar-refractivity contribution is 0.201. The number of hydrogen-bond donors (Lipinski definition) is 2. The molecule has 24 heavy (non-hydrogen) atoms. The first-order valence-electron chi connectivity index (χ1n) is 8.03. The van der Waals surface area contributed by atoms with Crippen LogP contribution in [0.4, 0.5) is 10.5 Å². The van der Waals surface area contributed by atoms with Crippen molar-refractivity contribution in [3.05, 3.63) is 47.8 Å². The van der Waals surface area contributed by atoms with Gasteiger partial charge in [-0.3, -0.25) is 5.10 Å². The molecule has 0 radical (unpaired) electrons. The average molecular weight is 324 g/mol. The van der Waals surface area contributed by atoms with Gasteiger partial charge >= 0.3 is 6.03 Å². The number of hydrogen-bond acceptors (Lipinski definition) is 4. The summed E-state index contributed by atoms with van der Waals surface area (Å²) in [5.74, 6) is 0. The molecule has 2 heterocycles. The van der Waals surface area contributed by atoms with Crippen molar-refractivity contribution >= 4 is 11.7 Å². The van der Waals surface area contributed by atoms with Crippen LogP contribution in [-0.4, -0.2) is 47.3 Å². The molecule has 2 amide bonds. The number of carbonyl (C=O) groups is 1. The molecular formula is C17H20N6O. The molecule has 0 unspecified atom stereocenters. The monoisotopic (exact) mass is 324 g/mol. The Labute approximate surface area is 140 Å². The van der Waals surface area contributed by atoms with E-state index < -0.39 is 0 Å². The standard InChI is InChI=1S/C17H20N6O/c18-12-14-4-1-2-5-16(14)22-8-3-9-23(11-10-22)17(24)19-13-15-6-7-20-21-15/h1-2,4-7H,3,8-11,13H2,(H,19,24)(H,20,21). The highest BCUT2D eigenvalue weighted by atomic mass is 16.2. The topological polar surface area (TPSA) is 88.1 Å². The van der Waals surface area contributed by atoms with E-state index in [0.29, 0.717) is 25.2 Å². The van der Waals surface area contributed by atoms with Crippen LogP contribution in [0.2, 0.25) is 0 Å². The molecule has 2 aromatic rings. The summed E-state index contributed by atoms with van der Waals surface area (Å²) >= 11 is 0. The van der Waals surface area contributed by atoms with Crippen LogP contribution >= 0.6 is 0 Å². The third-order valence-corrected chi connectivity index (χ3v) is 4.14. The first-order chi connectivity index (χ1) is 11.8. The quantitative estimate of drug-likeness (QED) is 0.899. The average Bonchev–Trinajstić information content (AvgIpc) is 3.02. The first kappa shape index (κ1) is 15.9. The van der Waals surface area contributed by atoms with Crippen molar-refractivity contribution < 1.29 is 4.79 Å². The van der Waals surface area contributed by atoms with Crippen molar-refractivity contribution in [3.63, 3.8) is 0 Å². The van der Waals surface area contributed by atoms with Gasteiger partial charge in [0.05, 0.1) is 23.5 Å². The molecule has 1 aromatic heterocycles. The lowest BCUT2D eigenvalue weighted by atomic mass is 10.1. The Morgan fingerprint density at radius 1 is 1.25 bits per heavy atom. The molecule has 0 bridgehead atoms. The third kappa shape index (κ3) is 3.66. The number of anilines is 1. The second-order valence-corrected chi connectivity index (χ2v) is 5.70. The van der Waals surface area contributed by atoms with E-state index in [0.717, 1.165) is 30.9 Å². The molecule has 7 heteroatoms. The molecule has 3 rings (SSSR count). The van der Waals surface area contributed by atoms with Crippen LogP contribution < -0.4 is 10.2 Å². The summed E-state index contributed by atoms with van der Waals surface area (Å²) in [4.78, 5) is 16.3. The van der Waals surface area contributed by atoms with E-state index in [4.69, 9.17) is 0 Å².